The Morgan fingerprint density at radius 1 is 1.00 bits per heavy atom. The summed E-state index contributed by atoms with van der Waals surface area (Å²) in [5.74, 6) is 1.58. The molecule has 1 nitrogen and oxygen atoms in total. The Morgan fingerprint density at radius 3 is 1.92 bits per heavy atom. The molecular weight excluding hydrogens is 146 g/mol. The molecule has 12 heavy (non-hydrogen) atoms. The Labute approximate surface area is 77.7 Å². The van der Waals surface area contributed by atoms with Gasteiger partial charge in [0.25, 0.3) is 0 Å². The zero-order valence-corrected chi connectivity index (χ0v) is 9.14. The van der Waals surface area contributed by atoms with Gasteiger partial charge in [0, 0.05) is 6.04 Å². The predicted octanol–water partition coefficient (Wildman–Crippen LogP) is 3.19. The minimum Gasteiger partial charge on any atom is -0.327 e. The second-order valence-corrected chi connectivity index (χ2v) is 3.99. The average Bonchev–Trinajstić information content (AvgIpc) is 2.12. The first kappa shape index (κ1) is 12.0. The van der Waals surface area contributed by atoms with Crippen molar-refractivity contribution in [2.45, 2.75) is 59.4 Å². The van der Waals surface area contributed by atoms with Crippen LogP contribution in [0.25, 0.3) is 0 Å². The zero-order valence-electron chi connectivity index (χ0n) is 9.14. The topological polar surface area (TPSA) is 26.0 Å². The lowest BCUT2D eigenvalue weighted by Gasteiger charge is -2.24. The highest BCUT2D eigenvalue weighted by Crippen LogP contribution is 2.21. The maximum Gasteiger partial charge on any atom is 0.00645 e. The van der Waals surface area contributed by atoms with Crippen LogP contribution in [0.3, 0.4) is 0 Å². The second kappa shape index (κ2) is 6.47. The van der Waals surface area contributed by atoms with Crippen LogP contribution < -0.4 is 5.73 Å². The highest BCUT2D eigenvalue weighted by atomic mass is 14.6. The van der Waals surface area contributed by atoms with Crippen molar-refractivity contribution in [2.24, 2.45) is 17.6 Å². The quantitative estimate of drug-likeness (QED) is 0.652. The maximum atomic E-state index is 6.03. The monoisotopic (exact) mass is 171 g/mol. The fourth-order valence-corrected chi connectivity index (χ4v) is 1.66. The van der Waals surface area contributed by atoms with Crippen molar-refractivity contribution in [3.8, 4) is 0 Å². The maximum absolute atomic E-state index is 6.03. The molecule has 3 unspecified atom stereocenters. The molecule has 0 fully saturated rings. The molecule has 74 valence electrons. The molecule has 0 spiro atoms. The number of rotatable bonds is 6. The average molecular weight is 171 g/mol. The minimum atomic E-state index is 0.420. The van der Waals surface area contributed by atoms with Crippen LogP contribution in [0.5, 0.6) is 0 Å². The van der Waals surface area contributed by atoms with Gasteiger partial charge in [-0.2, -0.15) is 0 Å². The molecule has 0 bridgehead atoms. The summed E-state index contributed by atoms with van der Waals surface area (Å²) in [6.07, 6.45) is 4.95. The van der Waals surface area contributed by atoms with Crippen LogP contribution in [0.15, 0.2) is 0 Å². The van der Waals surface area contributed by atoms with Crippen molar-refractivity contribution in [3.05, 3.63) is 0 Å². The molecule has 0 rings (SSSR count). The lowest BCUT2D eigenvalue weighted by atomic mass is 9.86. The first-order valence-electron chi connectivity index (χ1n) is 5.41. The molecule has 0 amide bonds. The van der Waals surface area contributed by atoms with Crippen molar-refractivity contribution in [3.63, 3.8) is 0 Å². The van der Waals surface area contributed by atoms with Gasteiger partial charge in [-0.05, 0) is 24.7 Å². The fourth-order valence-electron chi connectivity index (χ4n) is 1.66. The van der Waals surface area contributed by atoms with Crippen molar-refractivity contribution >= 4 is 0 Å². The molecule has 2 N–H and O–H groups in total. The summed E-state index contributed by atoms with van der Waals surface area (Å²) in [4.78, 5) is 0. The van der Waals surface area contributed by atoms with Gasteiger partial charge in [-0.1, -0.05) is 40.5 Å². The minimum absolute atomic E-state index is 0.420. The zero-order chi connectivity index (χ0) is 9.56. The first-order chi connectivity index (χ1) is 5.65. The molecule has 3 atom stereocenters. The molecular formula is C11H25N. The molecule has 0 aromatic heterocycles. The molecule has 0 aliphatic heterocycles. The van der Waals surface area contributed by atoms with Crippen LogP contribution in [0.2, 0.25) is 0 Å². The summed E-state index contributed by atoms with van der Waals surface area (Å²) in [6.45, 7) is 9.02. The first-order valence-corrected chi connectivity index (χ1v) is 5.41. The fraction of sp³-hybridized carbons (Fsp3) is 1.00. The van der Waals surface area contributed by atoms with Gasteiger partial charge in [0.2, 0.25) is 0 Å². The van der Waals surface area contributed by atoms with E-state index in [1.54, 1.807) is 0 Å². The van der Waals surface area contributed by atoms with Crippen LogP contribution >= 0.6 is 0 Å². The van der Waals surface area contributed by atoms with E-state index in [0.29, 0.717) is 6.04 Å². The molecule has 0 saturated carbocycles. The van der Waals surface area contributed by atoms with Crippen LogP contribution in [-0.2, 0) is 0 Å². The number of nitrogens with two attached hydrogens (primary N) is 1. The van der Waals surface area contributed by atoms with Crippen molar-refractivity contribution < 1.29 is 0 Å². The molecule has 0 aliphatic carbocycles. The van der Waals surface area contributed by atoms with Gasteiger partial charge in [0.1, 0.15) is 0 Å². The van der Waals surface area contributed by atoms with E-state index in [4.69, 9.17) is 5.73 Å². The highest BCUT2D eigenvalue weighted by molar-refractivity contribution is 4.72. The van der Waals surface area contributed by atoms with Gasteiger partial charge in [0.15, 0.2) is 0 Å². The van der Waals surface area contributed by atoms with E-state index in [0.717, 1.165) is 18.3 Å². The summed E-state index contributed by atoms with van der Waals surface area (Å²) in [6, 6.07) is 0.420. The Bertz CT molecular complexity index is 101. The van der Waals surface area contributed by atoms with E-state index in [9.17, 15) is 0 Å². The van der Waals surface area contributed by atoms with Crippen LogP contribution in [0.1, 0.15) is 53.4 Å². The van der Waals surface area contributed by atoms with Gasteiger partial charge in [-0.25, -0.2) is 0 Å². The smallest absolute Gasteiger partial charge is 0.00645 e. The predicted molar refractivity (Wildman–Crippen MR) is 56.1 cm³/mol. The van der Waals surface area contributed by atoms with Gasteiger partial charge < -0.3 is 5.73 Å². The molecule has 0 aromatic rings. The Balaban J connectivity index is 3.81. The third-order valence-electron chi connectivity index (χ3n) is 3.00. The van der Waals surface area contributed by atoms with Gasteiger partial charge in [0.05, 0.1) is 0 Å². The molecule has 1 heteroatoms. The number of hydrogen-bond acceptors (Lipinski definition) is 1. The van der Waals surface area contributed by atoms with Crippen molar-refractivity contribution in [1.29, 1.82) is 0 Å². The standard InChI is InChI=1S/C11H25N/c1-5-9(4)8-10(6-2)11(12)7-3/h9-11H,5-8,12H2,1-4H3. The van der Waals surface area contributed by atoms with Crippen molar-refractivity contribution in [2.75, 3.05) is 0 Å². The summed E-state index contributed by atoms with van der Waals surface area (Å²) in [7, 11) is 0. The summed E-state index contributed by atoms with van der Waals surface area (Å²) in [5.41, 5.74) is 6.03. The van der Waals surface area contributed by atoms with Gasteiger partial charge in [-0.15, -0.1) is 0 Å². The van der Waals surface area contributed by atoms with Crippen LogP contribution in [0.4, 0.5) is 0 Å². The largest absolute Gasteiger partial charge is 0.327 e. The van der Waals surface area contributed by atoms with E-state index in [1.165, 1.54) is 19.3 Å². The highest BCUT2D eigenvalue weighted by Gasteiger charge is 2.16. The van der Waals surface area contributed by atoms with Gasteiger partial charge in [-0.3, -0.25) is 0 Å². The second-order valence-electron chi connectivity index (χ2n) is 3.99. The normalized spacial score (nSPS) is 18.8. The van der Waals surface area contributed by atoms with Crippen LogP contribution in [0, 0.1) is 11.8 Å². The summed E-state index contributed by atoms with van der Waals surface area (Å²) >= 11 is 0. The van der Waals surface area contributed by atoms with E-state index in [2.05, 4.69) is 27.7 Å². The molecule has 0 aliphatic rings. The lowest BCUT2D eigenvalue weighted by molar-refractivity contribution is 0.315. The van der Waals surface area contributed by atoms with E-state index < -0.39 is 0 Å². The van der Waals surface area contributed by atoms with Crippen LogP contribution in [-0.4, -0.2) is 6.04 Å². The Hall–Kier alpha value is -0.0400. The SMILES string of the molecule is CCC(C)CC(CC)C(N)CC. The molecule has 0 radical (unpaired) electrons. The Morgan fingerprint density at radius 2 is 1.58 bits per heavy atom. The Kier molecular flexibility index (Phi) is 6.45. The summed E-state index contributed by atoms with van der Waals surface area (Å²) < 4.78 is 0. The van der Waals surface area contributed by atoms with E-state index in [1.807, 2.05) is 0 Å². The molecule has 0 heterocycles. The van der Waals surface area contributed by atoms with Crippen molar-refractivity contribution in [1.82, 2.24) is 0 Å². The number of hydrogen-bond donors (Lipinski definition) is 1. The summed E-state index contributed by atoms with van der Waals surface area (Å²) in [5, 5.41) is 0. The molecule has 0 saturated heterocycles. The van der Waals surface area contributed by atoms with E-state index >= 15 is 0 Å². The van der Waals surface area contributed by atoms with Gasteiger partial charge >= 0.3 is 0 Å². The molecule has 0 aromatic carbocycles. The third kappa shape index (κ3) is 4.10. The lowest BCUT2D eigenvalue weighted by Crippen LogP contribution is -2.30. The third-order valence-corrected chi connectivity index (χ3v) is 3.00. The van der Waals surface area contributed by atoms with E-state index in [-0.39, 0.29) is 0 Å².